The Morgan fingerprint density at radius 3 is 2.71 bits per heavy atom. The summed E-state index contributed by atoms with van der Waals surface area (Å²) in [5, 5.41) is 0. The summed E-state index contributed by atoms with van der Waals surface area (Å²) >= 11 is 0. The Balaban J connectivity index is 1.50. The number of hydrogen-bond donors (Lipinski definition) is 3. The van der Waals surface area contributed by atoms with E-state index in [4.69, 9.17) is 0 Å². The maximum Gasteiger partial charge on any atom is 0.259 e. The number of nitrogens with zero attached hydrogens (tertiary/aromatic N) is 1. The third-order valence-corrected chi connectivity index (χ3v) is 6.07. The largest absolute Gasteiger partial charge is 0.364 e. The van der Waals surface area contributed by atoms with Crippen molar-refractivity contribution in [1.29, 1.82) is 0 Å². The second-order valence-electron chi connectivity index (χ2n) is 8.12. The summed E-state index contributed by atoms with van der Waals surface area (Å²) in [5.74, 6) is 0.566. The molecule has 0 saturated carbocycles. The van der Waals surface area contributed by atoms with Crippen molar-refractivity contribution in [3.05, 3.63) is 69.1 Å². The zero-order valence-corrected chi connectivity index (χ0v) is 16.5. The molecule has 148 valence electrons. The number of aryl methyl sites for hydroxylation is 2. The second-order valence-corrected chi connectivity index (χ2v) is 8.12. The summed E-state index contributed by atoms with van der Waals surface area (Å²) in [6.45, 7) is 6.18. The van der Waals surface area contributed by atoms with Crippen molar-refractivity contribution in [3.63, 3.8) is 0 Å². The molecule has 3 heterocycles. The van der Waals surface area contributed by atoms with Crippen LogP contribution in [0.2, 0.25) is 0 Å². The van der Waals surface area contributed by atoms with Crippen LogP contribution in [0, 0.1) is 19.8 Å². The third-order valence-electron chi connectivity index (χ3n) is 6.07. The fraction of sp³-hybridized carbons (Fsp3) is 0.455. The molecule has 0 spiro atoms. The van der Waals surface area contributed by atoms with Gasteiger partial charge in [0, 0.05) is 49.6 Å². The molecule has 6 heteroatoms. The quantitative estimate of drug-likeness (QED) is 0.762. The van der Waals surface area contributed by atoms with Crippen LogP contribution in [0.1, 0.15) is 45.9 Å². The van der Waals surface area contributed by atoms with Gasteiger partial charge < -0.3 is 9.88 Å². The Bertz CT molecular complexity index is 905. The van der Waals surface area contributed by atoms with Crippen LogP contribution in [-0.4, -0.2) is 41.5 Å². The Morgan fingerprint density at radius 1 is 1.18 bits per heavy atom. The number of aromatic nitrogens is 1. The molecule has 4 rings (SSSR count). The molecule has 3 atom stereocenters. The van der Waals surface area contributed by atoms with Gasteiger partial charge in [0.15, 0.2) is 5.43 Å². The molecule has 2 aromatic rings. The van der Waals surface area contributed by atoms with Gasteiger partial charge in [-0.25, -0.2) is 0 Å². The second kappa shape index (κ2) is 7.89. The maximum absolute atomic E-state index is 13.0. The number of H-pyrrole nitrogens is 1. The number of rotatable bonds is 3. The highest BCUT2D eigenvalue weighted by molar-refractivity contribution is 5.93. The molecule has 2 aliphatic heterocycles. The Labute approximate surface area is 165 Å². The number of nitrogens with one attached hydrogen (secondary N) is 3. The van der Waals surface area contributed by atoms with E-state index < -0.39 is 0 Å². The van der Waals surface area contributed by atoms with Crippen LogP contribution in [-0.2, 0) is 0 Å². The van der Waals surface area contributed by atoms with E-state index in [1.807, 2.05) is 11.8 Å². The zero-order valence-electron chi connectivity index (χ0n) is 16.5. The van der Waals surface area contributed by atoms with Gasteiger partial charge in [-0.3, -0.25) is 20.4 Å². The van der Waals surface area contributed by atoms with Crippen LogP contribution in [0.15, 0.2) is 41.3 Å². The van der Waals surface area contributed by atoms with Crippen LogP contribution in [0.5, 0.6) is 0 Å². The first-order valence-electron chi connectivity index (χ1n) is 10.1. The molecule has 28 heavy (non-hydrogen) atoms. The lowest BCUT2D eigenvalue weighted by atomic mass is 9.81. The molecular weight excluding hydrogens is 352 g/mol. The van der Waals surface area contributed by atoms with Crippen LogP contribution < -0.4 is 16.3 Å². The smallest absolute Gasteiger partial charge is 0.259 e. The van der Waals surface area contributed by atoms with Crippen LogP contribution in [0.3, 0.4) is 0 Å². The van der Waals surface area contributed by atoms with Crippen molar-refractivity contribution in [1.82, 2.24) is 20.7 Å². The fourth-order valence-corrected chi connectivity index (χ4v) is 4.50. The minimum atomic E-state index is -0.207. The normalized spacial score (nSPS) is 25.1. The van der Waals surface area contributed by atoms with Crippen molar-refractivity contribution in [2.75, 3.05) is 19.6 Å². The number of carbonyl (C=O) groups excluding carboxylic acids is 1. The number of amides is 1. The Hall–Kier alpha value is -2.44. The van der Waals surface area contributed by atoms with Crippen molar-refractivity contribution in [2.45, 2.75) is 38.6 Å². The molecule has 0 aliphatic carbocycles. The van der Waals surface area contributed by atoms with Gasteiger partial charge in [-0.05, 0) is 38.2 Å². The van der Waals surface area contributed by atoms with Gasteiger partial charge in [0.25, 0.3) is 5.91 Å². The first-order valence-corrected chi connectivity index (χ1v) is 10.1. The number of piperidine rings is 1. The molecule has 3 unspecified atom stereocenters. The predicted octanol–water partition coefficient (Wildman–Crippen LogP) is 2.10. The van der Waals surface area contributed by atoms with Gasteiger partial charge in [0.05, 0.1) is 0 Å². The molecule has 0 bridgehead atoms. The number of aromatic amines is 1. The maximum atomic E-state index is 13.0. The lowest BCUT2D eigenvalue weighted by Gasteiger charge is -2.37. The Kier molecular flexibility index (Phi) is 5.33. The van der Waals surface area contributed by atoms with Gasteiger partial charge in [-0.2, -0.15) is 0 Å². The van der Waals surface area contributed by atoms with E-state index in [9.17, 15) is 9.59 Å². The van der Waals surface area contributed by atoms with E-state index in [2.05, 4.69) is 47.0 Å². The average molecular weight is 380 g/mol. The van der Waals surface area contributed by atoms with E-state index in [-0.39, 0.29) is 22.9 Å². The van der Waals surface area contributed by atoms with Gasteiger partial charge >= 0.3 is 0 Å². The first-order chi connectivity index (χ1) is 13.5. The zero-order chi connectivity index (χ0) is 19.7. The molecule has 1 aromatic carbocycles. The number of hydrazine groups is 1. The summed E-state index contributed by atoms with van der Waals surface area (Å²) in [4.78, 5) is 30.0. The standard InChI is InChI=1S/C22H28N4O2/c1-14-5-7-16(8-6-14)18-12-24-25-21(18)17-4-3-9-26(13-17)22(28)19-11-23-15(2)10-20(19)27/h5-8,10-11,17-18,21,24-25H,3-4,9,12-13H2,1-2H3,(H,23,27). The van der Waals surface area contributed by atoms with Crippen molar-refractivity contribution in [2.24, 2.45) is 5.92 Å². The Morgan fingerprint density at radius 2 is 1.96 bits per heavy atom. The molecule has 0 radical (unpaired) electrons. The van der Waals surface area contributed by atoms with Crippen LogP contribution >= 0.6 is 0 Å². The van der Waals surface area contributed by atoms with Gasteiger partial charge in [-0.1, -0.05) is 29.8 Å². The molecule has 2 aliphatic rings. The SMILES string of the molecule is Cc1ccc(C2CNNC2C2CCCN(C(=O)c3c[nH]c(C)cc3=O)C2)cc1. The average Bonchev–Trinajstić information content (AvgIpc) is 3.18. The van der Waals surface area contributed by atoms with Gasteiger partial charge in [0.2, 0.25) is 0 Å². The molecule has 3 N–H and O–H groups in total. The number of benzene rings is 1. The topological polar surface area (TPSA) is 77.2 Å². The highest BCUT2D eigenvalue weighted by atomic mass is 16.2. The summed E-state index contributed by atoms with van der Waals surface area (Å²) in [5.41, 5.74) is 10.1. The van der Waals surface area contributed by atoms with Crippen LogP contribution in [0.25, 0.3) is 0 Å². The lowest BCUT2D eigenvalue weighted by Crippen LogP contribution is -2.48. The number of pyridine rings is 1. The minimum absolute atomic E-state index is 0.163. The summed E-state index contributed by atoms with van der Waals surface area (Å²) < 4.78 is 0. The van der Waals surface area contributed by atoms with Gasteiger partial charge in [0.1, 0.15) is 5.56 Å². The highest BCUT2D eigenvalue weighted by Gasteiger charge is 2.37. The van der Waals surface area contributed by atoms with E-state index in [1.54, 1.807) is 6.20 Å². The monoisotopic (exact) mass is 380 g/mol. The third kappa shape index (κ3) is 3.75. The molecule has 2 saturated heterocycles. The fourth-order valence-electron chi connectivity index (χ4n) is 4.50. The van der Waals surface area contributed by atoms with E-state index in [0.29, 0.717) is 24.9 Å². The van der Waals surface area contributed by atoms with Gasteiger partial charge in [-0.15, -0.1) is 0 Å². The lowest BCUT2D eigenvalue weighted by molar-refractivity contribution is 0.0643. The first kappa shape index (κ1) is 18.9. The number of carbonyl (C=O) groups is 1. The summed E-state index contributed by atoms with van der Waals surface area (Å²) in [6, 6.07) is 10.5. The van der Waals surface area contributed by atoms with Crippen molar-refractivity contribution >= 4 is 5.91 Å². The van der Waals surface area contributed by atoms with E-state index >= 15 is 0 Å². The minimum Gasteiger partial charge on any atom is -0.364 e. The molecular formula is C22H28N4O2. The summed E-state index contributed by atoms with van der Waals surface area (Å²) in [6.07, 6.45) is 3.59. The number of likely N-dealkylation sites (tertiary alicyclic amines) is 1. The molecule has 1 aromatic heterocycles. The highest BCUT2D eigenvalue weighted by Crippen LogP contribution is 2.32. The number of hydrogen-bond acceptors (Lipinski definition) is 4. The van der Waals surface area contributed by atoms with E-state index in [1.165, 1.54) is 17.2 Å². The van der Waals surface area contributed by atoms with Crippen LogP contribution in [0.4, 0.5) is 0 Å². The molecule has 2 fully saturated rings. The predicted molar refractivity (Wildman–Crippen MR) is 109 cm³/mol. The van der Waals surface area contributed by atoms with Crippen molar-refractivity contribution in [3.8, 4) is 0 Å². The van der Waals surface area contributed by atoms with Crippen molar-refractivity contribution < 1.29 is 4.79 Å². The molecule has 6 nitrogen and oxygen atoms in total. The molecule has 1 amide bonds. The summed E-state index contributed by atoms with van der Waals surface area (Å²) in [7, 11) is 0. The van der Waals surface area contributed by atoms with E-state index in [0.717, 1.165) is 25.1 Å².